The molecule has 0 unspecified atom stereocenters. The van der Waals surface area contributed by atoms with E-state index < -0.39 is 5.66 Å². The molecule has 33 heavy (non-hydrogen) atoms. The molecule has 1 fully saturated rings. The largest absolute Gasteiger partial charge is 0.494 e. The molecule has 9 heteroatoms. The SMILES string of the molecule is COc1cc(N2C(N)=NC(N)=NC23CCCCC3)ccc1NC(=O)c1cc2ccccc2o1. The molecule has 5 rings (SSSR count). The fraction of sp³-hybridized carbons (Fsp3) is 0.292. The van der Waals surface area contributed by atoms with Crippen LogP contribution < -0.4 is 26.4 Å². The van der Waals surface area contributed by atoms with Gasteiger partial charge in [0, 0.05) is 11.5 Å². The second-order valence-electron chi connectivity index (χ2n) is 8.31. The predicted octanol–water partition coefficient (Wildman–Crippen LogP) is 3.80. The van der Waals surface area contributed by atoms with Crippen molar-refractivity contribution in [3.63, 3.8) is 0 Å². The average Bonchev–Trinajstić information content (AvgIpc) is 3.24. The van der Waals surface area contributed by atoms with Crippen LogP contribution >= 0.6 is 0 Å². The van der Waals surface area contributed by atoms with Gasteiger partial charge in [-0.05, 0) is 49.9 Å². The van der Waals surface area contributed by atoms with Crippen LogP contribution in [-0.4, -0.2) is 30.6 Å². The highest BCUT2D eigenvalue weighted by Gasteiger charge is 2.42. The minimum atomic E-state index is -0.557. The second-order valence-corrected chi connectivity index (χ2v) is 8.31. The lowest BCUT2D eigenvalue weighted by molar-refractivity contribution is 0.0998. The molecule has 9 nitrogen and oxygen atoms in total. The normalized spacial score (nSPS) is 17.5. The Bertz CT molecular complexity index is 1240. The topological polar surface area (TPSA) is 131 Å². The monoisotopic (exact) mass is 446 g/mol. The fourth-order valence-corrected chi connectivity index (χ4v) is 4.69. The van der Waals surface area contributed by atoms with Crippen LogP contribution in [0.5, 0.6) is 5.75 Å². The van der Waals surface area contributed by atoms with Crippen LogP contribution in [0, 0.1) is 0 Å². The van der Waals surface area contributed by atoms with Crippen molar-refractivity contribution in [2.45, 2.75) is 37.8 Å². The Morgan fingerprint density at radius 2 is 1.91 bits per heavy atom. The van der Waals surface area contributed by atoms with Gasteiger partial charge in [-0.2, -0.15) is 4.99 Å². The van der Waals surface area contributed by atoms with E-state index in [1.807, 2.05) is 41.3 Å². The van der Waals surface area contributed by atoms with Crippen LogP contribution in [0.1, 0.15) is 42.7 Å². The number of furan rings is 1. The molecule has 0 saturated heterocycles. The molecule has 1 spiro atoms. The van der Waals surface area contributed by atoms with Gasteiger partial charge in [-0.3, -0.25) is 9.69 Å². The smallest absolute Gasteiger partial charge is 0.291 e. The maximum absolute atomic E-state index is 12.8. The summed E-state index contributed by atoms with van der Waals surface area (Å²) in [5.74, 6) is 0.842. The first-order chi connectivity index (χ1) is 16.0. The number of carbonyl (C=O) groups excluding carboxylic acids is 1. The summed E-state index contributed by atoms with van der Waals surface area (Å²) in [6.45, 7) is 0. The van der Waals surface area contributed by atoms with Gasteiger partial charge < -0.3 is 25.9 Å². The predicted molar refractivity (Wildman–Crippen MR) is 129 cm³/mol. The van der Waals surface area contributed by atoms with E-state index in [9.17, 15) is 4.79 Å². The highest BCUT2D eigenvalue weighted by molar-refractivity contribution is 6.07. The van der Waals surface area contributed by atoms with Crippen LogP contribution in [0.3, 0.4) is 0 Å². The number of nitrogens with two attached hydrogens (primary N) is 2. The minimum Gasteiger partial charge on any atom is -0.494 e. The molecule has 0 atom stereocenters. The summed E-state index contributed by atoms with van der Waals surface area (Å²) in [7, 11) is 1.55. The molecule has 2 aromatic carbocycles. The number of nitrogens with zero attached hydrogens (tertiary/aromatic N) is 3. The van der Waals surface area contributed by atoms with E-state index in [0.717, 1.165) is 43.2 Å². The third-order valence-electron chi connectivity index (χ3n) is 6.19. The molecule has 0 bridgehead atoms. The van der Waals surface area contributed by atoms with Gasteiger partial charge in [0.25, 0.3) is 5.91 Å². The van der Waals surface area contributed by atoms with E-state index in [1.165, 1.54) is 0 Å². The van der Waals surface area contributed by atoms with Crippen LogP contribution in [0.2, 0.25) is 0 Å². The Hall–Kier alpha value is -4.01. The van der Waals surface area contributed by atoms with Gasteiger partial charge in [-0.15, -0.1) is 0 Å². The number of anilines is 2. The van der Waals surface area contributed by atoms with E-state index in [1.54, 1.807) is 19.2 Å². The molecule has 1 saturated carbocycles. The van der Waals surface area contributed by atoms with E-state index in [4.69, 9.17) is 25.6 Å². The maximum Gasteiger partial charge on any atom is 0.291 e. The van der Waals surface area contributed by atoms with E-state index >= 15 is 0 Å². The van der Waals surface area contributed by atoms with Crippen molar-refractivity contribution in [3.05, 3.63) is 54.3 Å². The fourth-order valence-electron chi connectivity index (χ4n) is 4.69. The molecular formula is C24H26N6O3. The van der Waals surface area contributed by atoms with Gasteiger partial charge in [-0.1, -0.05) is 24.6 Å². The van der Waals surface area contributed by atoms with Crippen molar-refractivity contribution < 1.29 is 13.9 Å². The number of rotatable bonds is 4. The number of methoxy groups -OCH3 is 1. The molecule has 5 N–H and O–H groups in total. The standard InChI is InChI=1S/C24H26N6O3/c1-32-19-14-16(30-23(26)28-22(25)29-24(30)11-5-2-6-12-24)9-10-17(19)27-21(31)20-13-15-7-3-4-8-18(15)33-20/h3-4,7-10,13-14H,2,5-6,11-12H2,1H3,(H,27,31)(H4,25,26,28,29). The number of fused-ring (bicyclic) bond motifs is 1. The van der Waals surface area contributed by atoms with Gasteiger partial charge >= 0.3 is 0 Å². The summed E-state index contributed by atoms with van der Waals surface area (Å²) in [4.78, 5) is 23.7. The lowest BCUT2D eigenvalue weighted by Crippen LogP contribution is -2.58. The van der Waals surface area contributed by atoms with Crippen molar-refractivity contribution >= 4 is 40.2 Å². The molecule has 3 aromatic rings. The third-order valence-corrected chi connectivity index (χ3v) is 6.19. The van der Waals surface area contributed by atoms with Gasteiger partial charge in [0.2, 0.25) is 11.9 Å². The summed E-state index contributed by atoms with van der Waals surface area (Å²) in [5, 5.41) is 3.74. The van der Waals surface area contributed by atoms with Gasteiger partial charge in [0.1, 0.15) is 17.0 Å². The minimum absolute atomic E-state index is 0.201. The Labute approximate surface area is 191 Å². The number of benzene rings is 2. The second kappa shape index (κ2) is 8.16. The zero-order chi connectivity index (χ0) is 23.0. The van der Waals surface area contributed by atoms with Crippen LogP contribution in [-0.2, 0) is 0 Å². The maximum atomic E-state index is 12.8. The molecule has 1 aliphatic heterocycles. The van der Waals surface area contributed by atoms with E-state index in [-0.39, 0.29) is 17.6 Å². The van der Waals surface area contributed by atoms with Crippen LogP contribution in [0.15, 0.2) is 62.9 Å². The van der Waals surface area contributed by atoms with E-state index in [0.29, 0.717) is 23.0 Å². The number of hydrogen-bond acceptors (Lipinski definition) is 8. The average molecular weight is 447 g/mol. The zero-order valence-electron chi connectivity index (χ0n) is 18.4. The molecule has 2 aliphatic rings. The molecule has 0 radical (unpaired) electrons. The summed E-state index contributed by atoms with van der Waals surface area (Å²) in [6.07, 6.45) is 4.87. The molecule has 2 heterocycles. The number of ether oxygens (including phenoxy) is 1. The highest BCUT2D eigenvalue weighted by atomic mass is 16.5. The van der Waals surface area contributed by atoms with Gasteiger partial charge in [0.15, 0.2) is 5.76 Å². The number of aliphatic imine (C=N–C) groups is 2. The Balaban J connectivity index is 1.45. The summed E-state index contributed by atoms with van der Waals surface area (Å²) in [5.41, 5.74) is 13.7. The molecule has 170 valence electrons. The van der Waals surface area contributed by atoms with Crippen LogP contribution in [0.4, 0.5) is 11.4 Å². The molecular weight excluding hydrogens is 420 g/mol. The first-order valence-corrected chi connectivity index (χ1v) is 11.0. The number of guanidine groups is 2. The summed E-state index contributed by atoms with van der Waals surface area (Å²) < 4.78 is 11.3. The van der Waals surface area contributed by atoms with Crippen LogP contribution in [0.25, 0.3) is 11.0 Å². The lowest BCUT2D eigenvalue weighted by Gasteiger charge is -2.45. The van der Waals surface area contributed by atoms with Gasteiger partial charge in [-0.25, -0.2) is 4.99 Å². The highest BCUT2D eigenvalue weighted by Crippen LogP contribution is 2.41. The van der Waals surface area contributed by atoms with Gasteiger partial charge in [0.05, 0.1) is 18.5 Å². The number of para-hydroxylation sites is 1. The van der Waals surface area contributed by atoms with Crippen molar-refractivity contribution in [3.8, 4) is 5.75 Å². The third kappa shape index (κ3) is 3.75. The van der Waals surface area contributed by atoms with Crippen molar-refractivity contribution in [2.75, 3.05) is 17.3 Å². The zero-order valence-corrected chi connectivity index (χ0v) is 18.4. The molecule has 1 amide bonds. The lowest BCUT2D eigenvalue weighted by atomic mass is 9.87. The molecule has 1 aromatic heterocycles. The van der Waals surface area contributed by atoms with Crippen molar-refractivity contribution in [2.24, 2.45) is 21.5 Å². The van der Waals surface area contributed by atoms with Crippen molar-refractivity contribution in [1.29, 1.82) is 0 Å². The quantitative estimate of drug-likeness (QED) is 0.558. The first kappa shape index (κ1) is 20.9. The number of amides is 1. The van der Waals surface area contributed by atoms with Crippen molar-refractivity contribution in [1.82, 2.24) is 0 Å². The number of hydrogen-bond donors (Lipinski definition) is 3. The number of carbonyl (C=O) groups is 1. The Morgan fingerprint density at radius 1 is 1.12 bits per heavy atom. The van der Waals surface area contributed by atoms with E-state index in [2.05, 4.69) is 10.3 Å². The summed E-state index contributed by atoms with van der Waals surface area (Å²) in [6, 6.07) is 14.7. The Kier molecular flexibility index (Phi) is 5.16. The summed E-state index contributed by atoms with van der Waals surface area (Å²) >= 11 is 0. The number of nitrogens with one attached hydrogen (secondary N) is 1. The Morgan fingerprint density at radius 3 is 2.67 bits per heavy atom. The first-order valence-electron chi connectivity index (χ1n) is 11.0. The molecule has 1 aliphatic carbocycles.